The van der Waals surface area contributed by atoms with Gasteiger partial charge < -0.3 is 9.64 Å². The van der Waals surface area contributed by atoms with E-state index in [1.54, 1.807) is 54.7 Å². The van der Waals surface area contributed by atoms with Gasteiger partial charge in [-0.1, -0.05) is 48.5 Å². The number of pyridine rings is 1. The van der Waals surface area contributed by atoms with Crippen LogP contribution >= 0.6 is 0 Å². The zero-order valence-corrected chi connectivity index (χ0v) is 19.5. The van der Waals surface area contributed by atoms with Gasteiger partial charge in [0.25, 0.3) is 10.0 Å². The summed E-state index contributed by atoms with van der Waals surface area (Å²) < 4.78 is 34.3. The van der Waals surface area contributed by atoms with Gasteiger partial charge in [-0.25, -0.2) is 17.4 Å². The first-order valence-electron chi connectivity index (χ1n) is 11.2. The quantitative estimate of drug-likeness (QED) is 0.450. The van der Waals surface area contributed by atoms with Crippen LogP contribution in [-0.2, 0) is 25.0 Å². The lowest BCUT2D eigenvalue weighted by atomic mass is 9.73. The van der Waals surface area contributed by atoms with Gasteiger partial charge in [0.1, 0.15) is 0 Å². The molecular weight excluding hydrogens is 450 g/mol. The van der Waals surface area contributed by atoms with Crippen molar-refractivity contribution in [1.82, 2.24) is 8.96 Å². The average molecular weight is 474 g/mol. The van der Waals surface area contributed by atoms with E-state index in [1.807, 2.05) is 30.3 Å². The molecule has 2 aliphatic heterocycles. The van der Waals surface area contributed by atoms with E-state index in [0.29, 0.717) is 37.1 Å². The van der Waals surface area contributed by atoms with E-state index in [4.69, 9.17) is 4.74 Å². The highest BCUT2D eigenvalue weighted by Crippen LogP contribution is 2.52. The van der Waals surface area contributed by atoms with Gasteiger partial charge in [-0.2, -0.15) is 0 Å². The Labute approximate surface area is 197 Å². The number of hydrogen-bond acceptors (Lipinski definition) is 5. The van der Waals surface area contributed by atoms with Crippen LogP contribution in [0.4, 0.5) is 5.69 Å². The fourth-order valence-corrected chi connectivity index (χ4v) is 6.68. The second-order valence-electron chi connectivity index (χ2n) is 8.80. The van der Waals surface area contributed by atoms with Crippen LogP contribution in [0.25, 0.3) is 22.2 Å². The summed E-state index contributed by atoms with van der Waals surface area (Å²) in [6, 6.07) is 18.0. The van der Waals surface area contributed by atoms with Crippen LogP contribution in [0.15, 0.2) is 78.0 Å². The Kier molecular flexibility index (Phi) is 4.65. The summed E-state index contributed by atoms with van der Waals surface area (Å²) in [5.41, 5.74) is 2.77. The molecule has 4 heterocycles. The standard InChI is InChI=1S/C26H23N3O4S/c1-28-21-16-27-24-22(23(21)26(25(28)30)12-14-33-15-13-26)20(18-8-4-2-5-9-18)17-29(24)34(31,32)19-10-6-3-7-11-19/h2-11,16-17H,12-15H2,1H3. The highest BCUT2D eigenvalue weighted by atomic mass is 32.2. The molecule has 34 heavy (non-hydrogen) atoms. The Morgan fingerprint density at radius 1 is 0.971 bits per heavy atom. The molecule has 0 aliphatic carbocycles. The Morgan fingerprint density at radius 3 is 2.29 bits per heavy atom. The molecule has 8 heteroatoms. The van der Waals surface area contributed by atoms with Gasteiger partial charge in [-0.3, -0.25) is 4.79 Å². The van der Waals surface area contributed by atoms with Crippen LogP contribution in [-0.4, -0.2) is 43.5 Å². The number of hydrogen-bond donors (Lipinski definition) is 0. The van der Waals surface area contributed by atoms with Gasteiger partial charge in [-0.05, 0) is 30.5 Å². The summed E-state index contributed by atoms with van der Waals surface area (Å²) in [6.45, 7) is 0.957. The highest BCUT2D eigenvalue weighted by Gasteiger charge is 2.52. The maximum Gasteiger partial charge on any atom is 0.269 e. The summed E-state index contributed by atoms with van der Waals surface area (Å²) in [5.74, 6) is 0.0118. The summed E-state index contributed by atoms with van der Waals surface area (Å²) in [4.78, 5) is 20.0. The smallest absolute Gasteiger partial charge is 0.269 e. The van der Waals surface area contributed by atoms with E-state index in [-0.39, 0.29) is 10.8 Å². The Morgan fingerprint density at radius 2 is 1.62 bits per heavy atom. The predicted octanol–water partition coefficient (Wildman–Crippen LogP) is 3.96. The third-order valence-electron chi connectivity index (χ3n) is 7.05. The van der Waals surface area contributed by atoms with Crippen molar-refractivity contribution in [2.24, 2.45) is 0 Å². The van der Waals surface area contributed by atoms with E-state index in [9.17, 15) is 13.2 Å². The second kappa shape index (κ2) is 7.51. The van der Waals surface area contributed by atoms with Crippen LogP contribution in [0.3, 0.4) is 0 Å². The second-order valence-corrected chi connectivity index (χ2v) is 10.6. The number of likely N-dealkylation sites (N-methyl/N-ethyl adjacent to an activating group) is 1. The summed E-state index contributed by atoms with van der Waals surface area (Å²) in [7, 11) is -2.15. The number of fused-ring (bicyclic) bond motifs is 4. The Bertz CT molecular complexity index is 1520. The molecule has 0 N–H and O–H groups in total. The zero-order valence-electron chi connectivity index (χ0n) is 18.6. The van der Waals surface area contributed by atoms with E-state index in [1.165, 1.54) is 3.97 Å². The lowest BCUT2D eigenvalue weighted by Gasteiger charge is -2.32. The number of benzene rings is 2. The molecule has 1 fully saturated rings. The number of amides is 1. The fourth-order valence-electron chi connectivity index (χ4n) is 5.34. The van der Waals surface area contributed by atoms with Crippen molar-refractivity contribution in [3.8, 4) is 11.1 Å². The normalized spacial score (nSPS) is 17.4. The molecule has 0 bridgehead atoms. The van der Waals surface area contributed by atoms with Gasteiger partial charge in [0.15, 0.2) is 5.65 Å². The first-order valence-corrected chi connectivity index (χ1v) is 12.7. The van der Waals surface area contributed by atoms with Crippen molar-refractivity contribution in [3.05, 3.63) is 78.6 Å². The average Bonchev–Trinajstić information content (AvgIpc) is 3.37. The molecule has 6 rings (SSSR count). The van der Waals surface area contributed by atoms with Crippen molar-refractivity contribution in [2.45, 2.75) is 23.2 Å². The van der Waals surface area contributed by atoms with Gasteiger partial charge in [0.2, 0.25) is 5.91 Å². The third-order valence-corrected chi connectivity index (χ3v) is 8.71. The molecule has 1 spiro atoms. The molecule has 0 unspecified atom stereocenters. The number of carbonyl (C=O) groups excluding carboxylic acids is 1. The molecule has 1 saturated heterocycles. The van der Waals surface area contributed by atoms with E-state index in [0.717, 1.165) is 22.4 Å². The number of anilines is 1. The van der Waals surface area contributed by atoms with E-state index >= 15 is 0 Å². The van der Waals surface area contributed by atoms with Gasteiger partial charge in [0.05, 0.1) is 22.2 Å². The number of carbonyl (C=O) groups is 1. The number of nitrogens with zero attached hydrogens (tertiary/aromatic N) is 3. The van der Waals surface area contributed by atoms with E-state index in [2.05, 4.69) is 4.98 Å². The van der Waals surface area contributed by atoms with E-state index < -0.39 is 15.4 Å². The Hall–Kier alpha value is -3.49. The number of ether oxygens (including phenoxy) is 1. The van der Waals surface area contributed by atoms with Gasteiger partial charge in [-0.15, -0.1) is 0 Å². The monoisotopic (exact) mass is 473 g/mol. The third kappa shape index (κ3) is 2.82. The van der Waals surface area contributed by atoms with Crippen LogP contribution in [0.2, 0.25) is 0 Å². The summed E-state index contributed by atoms with van der Waals surface area (Å²) >= 11 is 0. The van der Waals surface area contributed by atoms with Crippen LogP contribution in [0.1, 0.15) is 18.4 Å². The van der Waals surface area contributed by atoms with Crippen molar-refractivity contribution in [1.29, 1.82) is 0 Å². The molecule has 7 nitrogen and oxygen atoms in total. The molecule has 0 saturated carbocycles. The van der Waals surface area contributed by atoms with Crippen molar-refractivity contribution >= 4 is 32.7 Å². The predicted molar refractivity (Wildman–Crippen MR) is 129 cm³/mol. The highest BCUT2D eigenvalue weighted by molar-refractivity contribution is 7.90. The topological polar surface area (TPSA) is 81.5 Å². The lowest BCUT2D eigenvalue weighted by Crippen LogP contribution is -2.43. The largest absolute Gasteiger partial charge is 0.381 e. The molecular formula is C26H23N3O4S. The molecule has 2 aliphatic rings. The van der Waals surface area contributed by atoms with Crippen LogP contribution < -0.4 is 4.90 Å². The maximum atomic E-state index is 13.7. The first kappa shape index (κ1) is 21.1. The minimum absolute atomic E-state index is 0.0118. The van der Waals surface area contributed by atoms with Crippen molar-refractivity contribution < 1.29 is 17.9 Å². The molecule has 172 valence electrons. The molecule has 1 amide bonds. The molecule has 0 atom stereocenters. The molecule has 2 aromatic carbocycles. The first-order chi connectivity index (χ1) is 16.4. The SMILES string of the molecule is CN1C(=O)C2(CCOCC2)c2c1cnc1c2c(-c2ccccc2)cn1S(=O)(=O)c1ccccc1. The molecule has 2 aromatic heterocycles. The van der Waals surface area contributed by atoms with Crippen molar-refractivity contribution in [2.75, 3.05) is 25.2 Å². The van der Waals surface area contributed by atoms with Crippen LogP contribution in [0, 0.1) is 0 Å². The number of rotatable bonds is 3. The summed E-state index contributed by atoms with van der Waals surface area (Å²) in [6.07, 6.45) is 4.37. The summed E-state index contributed by atoms with van der Waals surface area (Å²) in [5, 5.41) is 0.711. The Balaban J connectivity index is 1.73. The van der Waals surface area contributed by atoms with Crippen LogP contribution in [0.5, 0.6) is 0 Å². The minimum atomic E-state index is -3.91. The van der Waals surface area contributed by atoms with Gasteiger partial charge >= 0.3 is 0 Å². The molecule has 0 radical (unpaired) electrons. The minimum Gasteiger partial charge on any atom is -0.381 e. The lowest BCUT2D eigenvalue weighted by molar-refractivity contribution is -0.126. The maximum absolute atomic E-state index is 13.7. The number of aromatic nitrogens is 2. The molecule has 4 aromatic rings. The zero-order chi connectivity index (χ0) is 23.5. The van der Waals surface area contributed by atoms with Crippen molar-refractivity contribution in [3.63, 3.8) is 0 Å². The fraction of sp³-hybridized carbons (Fsp3) is 0.231. The van der Waals surface area contributed by atoms with Gasteiger partial charge in [0, 0.05) is 43.0 Å².